The number of H-pyrrole nitrogens is 1. The van der Waals surface area contributed by atoms with E-state index >= 15 is 0 Å². The number of carbonyl (C=O) groups is 1. The standard InChI is InChI=1S/C16H17N3O2/c1-11(20)19(2)14-3-4-16-15(8-14)12(5-6-21-16)7-13-9-17-10-18-13/h3-4,7-10H,5-6H2,1-2H3,(H,17,18). The average Bonchev–Trinajstić information content (AvgIpc) is 2.99. The van der Waals surface area contributed by atoms with Gasteiger partial charge < -0.3 is 14.6 Å². The molecule has 1 aliphatic rings. The van der Waals surface area contributed by atoms with Crippen molar-refractivity contribution in [3.05, 3.63) is 42.0 Å². The first-order chi connectivity index (χ1) is 10.1. The van der Waals surface area contributed by atoms with Crippen molar-refractivity contribution in [2.45, 2.75) is 13.3 Å². The first-order valence-corrected chi connectivity index (χ1v) is 6.85. The maximum absolute atomic E-state index is 11.5. The molecule has 5 nitrogen and oxygen atoms in total. The Morgan fingerprint density at radius 2 is 2.33 bits per heavy atom. The number of nitrogens with zero attached hydrogens (tertiary/aromatic N) is 2. The fourth-order valence-corrected chi connectivity index (χ4v) is 2.37. The van der Waals surface area contributed by atoms with E-state index in [0.29, 0.717) is 6.61 Å². The molecule has 3 rings (SSSR count). The lowest BCUT2D eigenvalue weighted by atomic mass is 9.98. The third kappa shape index (κ3) is 2.67. The number of nitrogens with one attached hydrogen (secondary N) is 1. The molecule has 0 saturated heterocycles. The molecule has 0 spiro atoms. The van der Waals surface area contributed by atoms with Gasteiger partial charge in [0, 0.05) is 31.6 Å². The monoisotopic (exact) mass is 283 g/mol. The maximum atomic E-state index is 11.5. The highest BCUT2D eigenvalue weighted by Crippen LogP contribution is 2.36. The molecule has 1 aliphatic heterocycles. The van der Waals surface area contributed by atoms with Gasteiger partial charge in [-0.15, -0.1) is 0 Å². The minimum atomic E-state index is 0.00535. The highest BCUT2D eigenvalue weighted by molar-refractivity contribution is 5.93. The molecule has 5 heteroatoms. The summed E-state index contributed by atoms with van der Waals surface area (Å²) >= 11 is 0. The van der Waals surface area contributed by atoms with Crippen molar-refractivity contribution < 1.29 is 9.53 Å². The number of hydrogen-bond acceptors (Lipinski definition) is 3. The number of amides is 1. The lowest BCUT2D eigenvalue weighted by molar-refractivity contribution is -0.116. The smallest absolute Gasteiger partial charge is 0.223 e. The van der Waals surface area contributed by atoms with Crippen molar-refractivity contribution in [2.24, 2.45) is 0 Å². The van der Waals surface area contributed by atoms with E-state index in [2.05, 4.69) is 16.0 Å². The number of anilines is 1. The van der Waals surface area contributed by atoms with Crippen LogP contribution in [-0.4, -0.2) is 29.5 Å². The Kier molecular flexibility index (Phi) is 3.48. The van der Waals surface area contributed by atoms with Gasteiger partial charge >= 0.3 is 0 Å². The molecule has 1 aromatic heterocycles. The van der Waals surface area contributed by atoms with Crippen molar-refractivity contribution in [3.8, 4) is 5.75 Å². The van der Waals surface area contributed by atoms with Gasteiger partial charge in [0.15, 0.2) is 0 Å². The summed E-state index contributed by atoms with van der Waals surface area (Å²) in [6.45, 7) is 2.21. The minimum absolute atomic E-state index is 0.00535. The Bertz CT molecular complexity index is 690. The summed E-state index contributed by atoms with van der Waals surface area (Å²) in [5.74, 6) is 0.860. The van der Waals surface area contributed by atoms with E-state index in [1.54, 1.807) is 31.4 Å². The van der Waals surface area contributed by atoms with Gasteiger partial charge in [0.1, 0.15) is 5.75 Å². The third-order valence-electron chi connectivity index (χ3n) is 3.65. The van der Waals surface area contributed by atoms with Crippen LogP contribution in [0.5, 0.6) is 5.75 Å². The van der Waals surface area contributed by atoms with Crippen LogP contribution in [0.25, 0.3) is 11.6 Å². The lowest BCUT2D eigenvalue weighted by Crippen LogP contribution is -2.23. The van der Waals surface area contributed by atoms with E-state index in [1.807, 2.05) is 18.2 Å². The number of benzene rings is 1. The predicted octanol–water partition coefficient (Wildman–Crippen LogP) is 2.72. The maximum Gasteiger partial charge on any atom is 0.223 e. The predicted molar refractivity (Wildman–Crippen MR) is 82.1 cm³/mol. The first kappa shape index (κ1) is 13.4. The summed E-state index contributed by atoms with van der Waals surface area (Å²) < 4.78 is 5.70. The molecule has 2 heterocycles. The first-order valence-electron chi connectivity index (χ1n) is 6.85. The number of imidazole rings is 1. The molecule has 21 heavy (non-hydrogen) atoms. The van der Waals surface area contributed by atoms with Crippen LogP contribution in [0.15, 0.2) is 30.7 Å². The molecule has 0 radical (unpaired) electrons. The molecule has 1 aromatic carbocycles. The number of hydrogen-bond donors (Lipinski definition) is 1. The van der Waals surface area contributed by atoms with Gasteiger partial charge in [-0.1, -0.05) is 0 Å². The summed E-state index contributed by atoms with van der Waals surface area (Å²) in [5, 5.41) is 0. The molecule has 0 bridgehead atoms. The van der Waals surface area contributed by atoms with Crippen molar-refractivity contribution >= 4 is 23.2 Å². The fourth-order valence-electron chi connectivity index (χ4n) is 2.37. The van der Waals surface area contributed by atoms with Crippen LogP contribution in [0.2, 0.25) is 0 Å². The molecule has 0 aliphatic carbocycles. The zero-order valence-corrected chi connectivity index (χ0v) is 12.1. The summed E-state index contributed by atoms with van der Waals surface area (Å²) in [4.78, 5) is 20.3. The average molecular weight is 283 g/mol. The normalized spacial score (nSPS) is 15.4. The summed E-state index contributed by atoms with van der Waals surface area (Å²) in [6, 6.07) is 5.82. The van der Waals surface area contributed by atoms with Crippen LogP contribution in [0, 0.1) is 0 Å². The lowest BCUT2D eigenvalue weighted by Gasteiger charge is -2.23. The Morgan fingerprint density at radius 3 is 3.05 bits per heavy atom. The van der Waals surface area contributed by atoms with Gasteiger partial charge in [0.25, 0.3) is 0 Å². The van der Waals surface area contributed by atoms with Gasteiger partial charge in [0.2, 0.25) is 5.91 Å². The molecule has 0 unspecified atom stereocenters. The quantitative estimate of drug-likeness (QED) is 0.922. The minimum Gasteiger partial charge on any atom is -0.493 e. The van der Waals surface area contributed by atoms with Crippen LogP contribution in [0.1, 0.15) is 24.6 Å². The number of fused-ring (bicyclic) bond motifs is 1. The second-order valence-corrected chi connectivity index (χ2v) is 5.03. The second kappa shape index (κ2) is 5.44. The summed E-state index contributed by atoms with van der Waals surface area (Å²) in [6.07, 6.45) is 6.35. The van der Waals surface area contributed by atoms with E-state index in [4.69, 9.17) is 4.74 Å². The van der Waals surface area contributed by atoms with Gasteiger partial charge in [-0.2, -0.15) is 0 Å². The molecule has 0 saturated carbocycles. The number of rotatable bonds is 2. The summed E-state index contributed by atoms with van der Waals surface area (Å²) in [5.41, 5.74) is 4.03. The molecule has 1 amide bonds. The van der Waals surface area contributed by atoms with Crippen LogP contribution >= 0.6 is 0 Å². The topological polar surface area (TPSA) is 58.2 Å². The van der Waals surface area contributed by atoms with Crippen LogP contribution in [0.3, 0.4) is 0 Å². The molecule has 0 atom stereocenters. The van der Waals surface area contributed by atoms with Crippen molar-refractivity contribution in [3.63, 3.8) is 0 Å². The second-order valence-electron chi connectivity index (χ2n) is 5.03. The van der Waals surface area contributed by atoms with E-state index < -0.39 is 0 Å². The molecule has 1 N–H and O–H groups in total. The number of aromatic amines is 1. The molecular formula is C16H17N3O2. The molecule has 0 fully saturated rings. The van der Waals surface area contributed by atoms with Gasteiger partial charge in [-0.3, -0.25) is 4.79 Å². The molecular weight excluding hydrogens is 266 g/mol. The Labute approximate surface area is 123 Å². The number of carbonyl (C=O) groups excluding carboxylic acids is 1. The van der Waals surface area contributed by atoms with E-state index in [9.17, 15) is 4.79 Å². The number of aromatic nitrogens is 2. The van der Waals surface area contributed by atoms with Gasteiger partial charge in [-0.25, -0.2) is 4.98 Å². The summed E-state index contributed by atoms with van der Waals surface area (Å²) in [7, 11) is 1.77. The van der Waals surface area contributed by atoms with Crippen LogP contribution in [-0.2, 0) is 4.79 Å². The van der Waals surface area contributed by atoms with E-state index in [0.717, 1.165) is 29.1 Å². The van der Waals surface area contributed by atoms with Crippen molar-refractivity contribution in [2.75, 3.05) is 18.6 Å². The van der Waals surface area contributed by atoms with Crippen LogP contribution < -0.4 is 9.64 Å². The zero-order chi connectivity index (χ0) is 14.8. The van der Waals surface area contributed by atoms with Crippen molar-refractivity contribution in [1.82, 2.24) is 9.97 Å². The van der Waals surface area contributed by atoms with E-state index in [1.165, 1.54) is 5.57 Å². The Morgan fingerprint density at radius 1 is 1.48 bits per heavy atom. The Hall–Kier alpha value is -2.56. The van der Waals surface area contributed by atoms with Gasteiger partial charge in [0.05, 0.1) is 24.8 Å². The highest BCUT2D eigenvalue weighted by atomic mass is 16.5. The van der Waals surface area contributed by atoms with E-state index in [-0.39, 0.29) is 5.91 Å². The number of ether oxygens (including phenoxy) is 1. The SMILES string of the molecule is CC(=O)N(C)c1ccc2c(c1)C(=Cc1cnc[nH]1)CCO2. The highest BCUT2D eigenvalue weighted by Gasteiger charge is 2.17. The van der Waals surface area contributed by atoms with Gasteiger partial charge in [-0.05, 0) is 29.8 Å². The molecule has 108 valence electrons. The fraction of sp³-hybridized carbons (Fsp3) is 0.250. The molecule has 2 aromatic rings. The van der Waals surface area contributed by atoms with Crippen LogP contribution in [0.4, 0.5) is 5.69 Å². The largest absolute Gasteiger partial charge is 0.493 e. The van der Waals surface area contributed by atoms with Crippen molar-refractivity contribution in [1.29, 1.82) is 0 Å². The zero-order valence-electron chi connectivity index (χ0n) is 12.1. The third-order valence-corrected chi connectivity index (χ3v) is 3.65. The Balaban J connectivity index is 2.03.